The summed E-state index contributed by atoms with van der Waals surface area (Å²) in [5, 5.41) is 0. The van der Waals surface area contributed by atoms with Gasteiger partial charge in [0.2, 0.25) is 0 Å². The van der Waals surface area contributed by atoms with Crippen molar-refractivity contribution in [3.8, 4) is 0 Å². The molecular weight excluding hydrogens is 220 g/mol. The van der Waals surface area contributed by atoms with E-state index in [0.717, 1.165) is 24.1 Å². The Morgan fingerprint density at radius 1 is 1.31 bits per heavy atom. The van der Waals surface area contributed by atoms with Gasteiger partial charge in [0.15, 0.2) is 0 Å². The lowest BCUT2D eigenvalue weighted by Gasteiger charge is -2.02. The highest BCUT2D eigenvalue weighted by atomic mass is 32.2. The van der Waals surface area contributed by atoms with Gasteiger partial charge in [0.25, 0.3) is 0 Å². The Morgan fingerprint density at radius 2 is 2.12 bits per heavy atom. The quantitative estimate of drug-likeness (QED) is 0.587. The molecule has 2 aromatic rings. The molecule has 1 heterocycles. The molecule has 82 valence electrons. The highest BCUT2D eigenvalue weighted by Crippen LogP contribution is 2.18. The van der Waals surface area contributed by atoms with Crippen LogP contribution in [0.4, 0.5) is 0 Å². The van der Waals surface area contributed by atoms with Gasteiger partial charge in [0, 0.05) is 35.2 Å². The van der Waals surface area contributed by atoms with E-state index >= 15 is 0 Å². The number of aldehydes is 1. The molecule has 1 aromatic carbocycles. The predicted molar refractivity (Wildman–Crippen MR) is 64.8 cm³/mol. The van der Waals surface area contributed by atoms with Crippen molar-refractivity contribution in [2.45, 2.75) is 11.4 Å². The number of thioether (sulfide) groups is 1. The second-order valence-electron chi connectivity index (χ2n) is 3.34. The fourth-order valence-corrected chi connectivity index (χ4v) is 2.20. The highest BCUT2D eigenvalue weighted by Gasteiger charge is 1.95. The van der Waals surface area contributed by atoms with Crippen LogP contribution in [-0.4, -0.2) is 21.6 Å². The Balaban J connectivity index is 1.83. The maximum atomic E-state index is 10.5. The molecule has 0 radical (unpaired) electrons. The Bertz CT molecular complexity index is 437. The number of nitrogens with zero attached hydrogens (tertiary/aromatic N) is 2. The molecule has 2 rings (SSSR count). The number of carbonyl (C=O) groups excluding carboxylic acids is 1. The van der Waals surface area contributed by atoms with Crippen LogP contribution in [0.25, 0.3) is 0 Å². The average Bonchev–Trinajstić information content (AvgIpc) is 2.83. The first kappa shape index (κ1) is 11.0. The van der Waals surface area contributed by atoms with Gasteiger partial charge in [-0.05, 0) is 12.1 Å². The fraction of sp³-hybridized carbons (Fsp3) is 0.167. The van der Waals surface area contributed by atoms with Gasteiger partial charge >= 0.3 is 0 Å². The van der Waals surface area contributed by atoms with Crippen LogP contribution in [0, 0.1) is 0 Å². The van der Waals surface area contributed by atoms with Crippen molar-refractivity contribution in [1.29, 1.82) is 0 Å². The number of hydrogen-bond acceptors (Lipinski definition) is 3. The van der Waals surface area contributed by atoms with Crippen LogP contribution in [0.1, 0.15) is 10.4 Å². The number of carbonyl (C=O) groups is 1. The molecule has 16 heavy (non-hydrogen) atoms. The van der Waals surface area contributed by atoms with E-state index in [0.29, 0.717) is 0 Å². The van der Waals surface area contributed by atoms with Crippen molar-refractivity contribution in [1.82, 2.24) is 9.55 Å². The molecule has 0 spiro atoms. The van der Waals surface area contributed by atoms with E-state index in [-0.39, 0.29) is 0 Å². The number of hydrogen-bond donors (Lipinski definition) is 0. The van der Waals surface area contributed by atoms with Gasteiger partial charge in [0.05, 0.1) is 6.33 Å². The summed E-state index contributed by atoms with van der Waals surface area (Å²) in [6.45, 7) is 0.945. The molecule has 0 aliphatic rings. The predicted octanol–water partition coefficient (Wildman–Crippen LogP) is 2.49. The van der Waals surface area contributed by atoms with Gasteiger partial charge in [-0.3, -0.25) is 4.79 Å². The Morgan fingerprint density at radius 3 is 2.75 bits per heavy atom. The fourth-order valence-electron chi connectivity index (χ4n) is 1.33. The average molecular weight is 232 g/mol. The van der Waals surface area contributed by atoms with Gasteiger partial charge in [-0.2, -0.15) is 0 Å². The van der Waals surface area contributed by atoms with Crippen LogP contribution in [0.5, 0.6) is 0 Å². The van der Waals surface area contributed by atoms with Crippen molar-refractivity contribution >= 4 is 18.0 Å². The molecule has 3 nitrogen and oxygen atoms in total. The molecular formula is C12H12N2OS. The Labute approximate surface area is 98.5 Å². The molecule has 0 N–H and O–H groups in total. The normalized spacial score (nSPS) is 10.2. The first-order valence-electron chi connectivity index (χ1n) is 5.02. The SMILES string of the molecule is O=Cc1ccc(SCCn2ccnc2)cc1. The van der Waals surface area contributed by atoms with Gasteiger partial charge in [-0.15, -0.1) is 11.8 Å². The zero-order valence-corrected chi connectivity index (χ0v) is 9.56. The summed E-state index contributed by atoms with van der Waals surface area (Å²) >= 11 is 1.77. The molecule has 0 aliphatic heterocycles. The number of aryl methyl sites for hydroxylation is 1. The standard InChI is InChI=1S/C12H12N2OS/c15-9-11-1-3-12(4-2-11)16-8-7-14-6-5-13-10-14/h1-6,9-10H,7-8H2. The third kappa shape index (κ3) is 2.97. The lowest BCUT2D eigenvalue weighted by atomic mass is 10.2. The summed E-state index contributed by atoms with van der Waals surface area (Å²) < 4.78 is 2.05. The smallest absolute Gasteiger partial charge is 0.150 e. The Hall–Kier alpha value is -1.55. The summed E-state index contributed by atoms with van der Waals surface area (Å²) in [6.07, 6.45) is 6.41. The summed E-state index contributed by atoms with van der Waals surface area (Å²) in [4.78, 5) is 15.6. The minimum atomic E-state index is 0.721. The molecule has 0 aliphatic carbocycles. The third-order valence-electron chi connectivity index (χ3n) is 2.19. The molecule has 4 heteroatoms. The van der Waals surface area contributed by atoms with Crippen LogP contribution in [0.2, 0.25) is 0 Å². The summed E-state index contributed by atoms with van der Waals surface area (Å²) in [5.74, 6) is 0.997. The molecule has 0 amide bonds. The largest absolute Gasteiger partial charge is 0.337 e. The topological polar surface area (TPSA) is 34.9 Å². The molecule has 0 fully saturated rings. The van der Waals surface area contributed by atoms with Gasteiger partial charge in [-0.25, -0.2) is 4.98 Å². The van der Waals surface area contributed by atoms with E-state index < -0.39 is 0 Å². The zero-order chi connectivity index (χ0) is 11.2. The zero-order valence-electron chi connectivity index (χ0n) is 8.74. The van der Waals surface area contributed by atoms with E-state index in [1.807, 2.05) is 41.4 Å². The van der Waals surface area contributed by atoms with Crippen LogP contribution >= 0.6 is 11.8 Å². The van der Waals surface area contributed by atoms with Crippen molar-refractivity contribution in [3.05, 3.63) is 48.5 Å². The summed E-state index contributed by atoms with van der Waals surface area (Å²) in [6, 6.07) is 7.63. The maximum Gasteiger partial charge on any atom is 0.150 e. The van der Waals surface area contributed by atoms with Gasteiger partial charge < -0.3 is 4.57 Å². The van der Waals surface area contributed by atoms with E-state index in [9.17, 15) is 4.79 Å². The number of aromatic nitrogens is 2. The molecule has 0 unspecified atom stereocenters. The summed E-state index contributed by atoms with van der Waals surface area (Å²) in [5.41, 5.74) is 0.721. The van der Waals surface area contributed by atoms with Crippen molar-refractivity contribution < 1.29 is 4.79 Å². The monoisotopic (exact) mass is 232 g/mol. The van der Waals surface area contributed by atoms with Crippen molar-refractivity contribution in [2.24, 2.45) is 0 Å². The maximum absolute atomic E-state index is 10.5. The van der Waals surface area contributed by atoms with Crippen molar-refractivity contribution in [2.75, 3.05) is 5.75 Å². The second kappa shape index (κ2) is 5.51. The van der Waals surface area contributed by atoms with Crippen molar-refractivity contribution in [3.63, 3.8) is 0 Å². The van der Waals surface area contributed by atoms with E-state index in [1.165, 1.54) is 4.90 Å². The summed E-state index contributed by atoms with van der Waals surface area (Å²) in [7, 11) is 0. The second-order valence-corrected chi connectivity index (χ2v) is 4.50. The van der Waals surface area contributed by atoms with Crippen LogP contribution in [-0.2, 0) is 6.54 Å². The molecule has 0 atom stereocenters. The molecule has 0 saturated heterocycles. The first-order valence-corrected chi connectivity index (χ1v) is 6.01. The molecule has 1 aromatic heterocycles. The van der Waals surface area contributed by atoms with E-state index in [2.05, 4.69) is 4.98 Å². The minimum Gasteiger partial charge on any atom is -0.337 e. The minimum absolute atomic E-state index is 0.721. The molecule has 0 saturated carbocycles. The van der Waals surface area contributed by atoms with Gasteiger partial charge in [-0.1, -0.05) is 12.1 Å². The lowest BCUT2D eigenvalue weighted by molar-refractivity contribution is 0.112. The first-order chi connectivity index (χ1) is 7.88. The van der Waals surface area contributed by atoms with Crippen LogP contribution in [0.3, 0.4) is 0 Å². The number of benzene rings is 1. The van der Waals surface area contributed by atoms with Crippen LogP contribution in [0.15, 0.2) is 47.9 Å². The van der Waals surface area contributed by atoms with Gasteiger partial charge in [0.1, 0.15) is 6.29 Å². The lowest BCUT2D eigenvalue weighted by Crippen LogP contribution is -1.96. The number of rotatable bonds is 5. The molecule has 0 bridgehead atoms. The van der Waals surface area contributed by atoms with E-state index in [1.54, 1.807) is 18.0 Å². The van der Waals surface area contributed by atoms with Crippen LogP contribution < -0.4 is 0 Å². The van der Waals surface area contributed by atoms with E-state index in [4.69, 9.17) is 0 Å². The highest BCUT2D eigenvalue weighted by molar-refractivity contribution is 7.99. The third-order valence-corrected chi connectivity index (χ3v) is 3.19. The number of imidazole rings is 1. The Kier molecular flexibility index (Phi) is 3.77.